The maximum absolute atomic E-state index is 12.6. The Morgan fingerprint density at radius 2 is 1.86 bits per heavy atom. The summed E-state index contributed by atoms with van der Waals surface area (Å²) < 4.78 is 23.2. The summed E-state index contributed by atoms with van der Waals surface area (Å²) in [6, 6.07) is 7.19. The predicted octanol–water partition coefficient (Wildman–Crippen LogP) is 1.40. The molecule has 1 heterocycles. The van der Waals surface area contributed by atoms with Gasteiger partial charge in [0.2, 0.25) is 0 Å². The van der Waals surface area contributed by atoms with Gasteiger partial charge < -0.3 is 9.80 Å². The number of rotatable bonds is 4. The lowest BCUT2D eigenvalue weighted by Gasteiger charge is -2.27. The second-order valence-corrected chi connectivity index (χ2v) is 7.82. The fourth-order valence-corrected chi connectivity index (χ4v) is 4.39. The molecule has 0 bridgehead atoms. The monoisotopic (exact) mass is 310 g/mol. The fraction of sp³-hybridized carbons (Fsp3) is 0.533. The van der Waals surface area contributed by atoms with E-state index < -0.39 is 9.84 Å². The zero-order valence-electron chi connectivity index (χ0n) is 12.7. The van der Waals surface area contributed by atoms with Crippen molar-refractivity contribution in [1.82, 2.24) is 4.90 Å². The molecule has 1 aromatic carbocycles. The predicted molar refractivity (Wildman–Crippen MR) is 84.5 cm³/mol. The van der Waals surface area contributed by atoms with Crippen LogP contribution in [0.15, 0.2) is 24.3 Å². The zero-order chi connectivity index (χ0) is 15.6. The van der Waals surface area contributed by atoms with Crippen molar-refractivity contribution >= 4 is 21.4 Å². The van der Waals surface area contributed by atoms with Gasteiger partial charge in [-0.1, -0.05) is 0 Å². The third kappa shape index (κ3) is 3.56. The maximum Gasteiger partial charge on any atom is 0.254 e. The van der Waals surface area contributed by atoms with Crippen molar-refractivity contribution in [3.8, 4) is 0 Å². The number of anilines is 1. The lowest BCUT2D eigenvalue weighted by molar-refractivity contribution is 0.0708. The van der Waals surface area contributed by atoms with Crippen molar-refractivity contribution in [2.24, 2.45) is 0 Å². The van der Waals surface area contributed by atoms with Crippen LogP contribution in [0.1, 0.15) is 23.7 Å². The molecule has 0 aromatic heterocycles. The molecule has 0 spiro atoms. The van der Waals surface area contributed by atoms with E-state index in [-0.39, 0.29) is 23.5 Å². The van der Waals surface area contributed by atoms with E-state index >= 15 is 0 Å². The van der Waals surface area contributed by atoms with Crippen molar-refractivity contribution in [3.05, 3.63) is 29.8 Å². The van der Waals surface area contributed by atoms with Crippen molar-refractivity contribution in [3.63, 3.8) is 0 Å². The Labute approximate surface area is 126 Å². The SMILES string of the molecule is CCN(C(=O)c1ccc(N(C)C)cc1)C1CCS(=O)(=O)C1. The molecule has 2 rings (SSSR count). The number of hydrogen-bond acceptors (Lipinski definition) is 4. The van der Waals surface area contributed by atoms with Gasteiger partial charge in [0.25, 0.3) is 5.91 Å². The number of benzene rings is 1. The minimum absolute atomic E-state index is 0.0857. The molecule has 1 aromatic rings. The summed E-state index contributed by atoms with van der Waals surface area (Å²) in [5, 5.41) is 0. The highest BCUT2D eigenvalue weighted by molar-refractivity contribution is 7.91. The van der Waals surface area contributed by atoms with E-state index in [0.29, 0.717) is 18.5 Å². The largest absolute Gasteiger partial charge is 0.378 e. The molecule has 0 aliphatic carbocycles. The highest BCUT2D eigenvalue weighted by Gasteiger charge is 2.34. The number of amides is 1. The molecule has 6 heteroatoms. The van der Waals surface area contributed by atoms with Gasteiger partial charge in [-0.25, -0.2) is 8.42 Å². The van der Waals surface area contributed by atoms with E-state index in [4.69, 9.17) is 0 Å². The van der Waals surface area contributed by atoms with Crippen LogP contribution in [0.3, 0.4) is 0 Å². The molecule has 21 heavy (non-hydrogen) atoms. The molecule has 1 fully saturated rings. The Bertz CT molecular complexity index is 608. The summed E-state index contributed by atoms with van der Waals surface area (Å²) in [6.07, 6.45) is 0.539. The molecule has 116 valence electrons. The molecule has 1 saturated heterocycles. The van der Waals surface area contributed by atoms with E-state index in [1.807, 2.05) is 38.1 Å². The average molecular weight is 310 g/mol. The normalized spacial score (nSPS) is 20.2. The fourth-order valence-electron chi connectivity index (χ4n) is 2.66. The number of nitrogens with zero attached hydrogens (tertiary/aromatic N) is 2. The summed E-state index contributed by atoms with van der Waals surface area (Å²) in [7, 11) is 0.901. The van der Waals surface area contributed by atoms with Crippen molar-refractivity contribution in [1.29, 1.82) is 0 Å². The summed E-state index contributed by atoms with van der Waals surface area (Å²) in [4.78, 5) is 16.2. The number of sulfone groups is 1. The molecule has 0 radical (unpaired) electrons. The summed E-state index contributed by atoms with van der Waals surface area (Å²) in [5.74, 6) is 0.175. The average Bonchev–Trinajstić information content (AvgIpc) is 2.79. The highest BCUT2D eigenvalue weighted by atomic mass is 32.2. The van der Waals surface area contributed by atoms with E-state index in [1.54, 1.807) is 17.0 Å². The summed E-state index contributed by atoms with van der Waals surface area (Å²) >= 11 is 0. The summed E-state index contributed by atoms with van der Waals surface area (Å²) in [6.45, 7) is 2.41. The number of hydrogen-bond donors (Lipinski definition) is 0. The molecule has 1 unspecified atom stereocenters. The van der Waals surface area contributed by atoms with E-state index in [9.17, 15) is 13.2 Å². The van der Waals surface area contributed by atoms with Gasteiger partial charge in [0.15, 0.2) is 9.84 Å². The second kappa shape index (κ2) is 6.05. The Balaban J connectivity index is 2.17. The first-order chi connectivity index (χ1) is 9.84. The van der Waals surface area contributed by atoms with Gasteiger partial charge in [0, 0.05) is 37.9 Å². The lowest BCUT2D eigenvalue weighted by atomic mass is 10.1. The molecule has 1 aliphatic rings. The van der Waals surface area contributed by atoms with E-state index in [1.165, 1.54) is 0 Å². The van der Waals surface area contributed by atoms with Gasteiger partial charge >= 0.3 is 0 Å². The highest BCUT2D eigenvalue weighted by Crippen LogP contribution is 2.21. The first-order valence-electron chi connectivity index (χ1n) is 7.13. The Morgan fingerprint density at radius 1 is 1.24 bits per heavy atom. The van der Waals surface area contributed by atoms with Crippen LogP contribution in [0.4, 0.5) is 5.69 Å². The standard InChI is InChI=1S/C15H22N2O3S/c1-4-17(14-9-10-21(19,20)11-14)15(18)12-5-7-13(8-6-12)16(2)3/h5-8,14H,4,9-11H2,1-3H3. The van der Waals surface area contributed by atoms with Crippen LogP contribution in [-0.4, -0.2) is 57.4 Å². The molecule has 1 aliphatic heterocycles. The minimum Gasteiger partial charge on any atom is -0.378 e. The topological polar surface area (TPSA) is 57.7 Å². The van der Waals surface area contributed by atoms with E-state index in [2.05, 4.69) is 0 Å². The third-order valence-corrected chi connectivity index (χ3v) is 5.63. The second-order valence-electron chi connectivity index (χ2n) is 5.59. The zero-order valence-corrected chi connectivity index (χ0v) is 13.6. The first kappa shape index (κ1) is 15.8. The molecule has 0 saturated carbocycles. The molecule has 1 atom stereocenters. The smallest absolute Gasteiger partial charge is 0.254 e. The molecular weight excluding hydrogens is 288 g/mol. The molecule has 0 N–H and O–H groups in total. The van der Waals surface area contributed by atoms with Gasteiger partial charge in [0.05, 0.1) is 11.5 Å². The van der Waals surface area contributed by atoms with Crippen LogP contribution < -0.4 is 4.90 Å². The molecule has 5 nitrogen and oxygen atoms in total. The van der Waals surface area contributed by atoms with Crippen molar-refractivity contribution < 1.29 is 13.2 Å². The number of carbonyl (C=O) groups is 1. The minimum atomic E-state index is -2.98. The lowest BCUT2D eigenvalue weighted by Crippen LogP contribution is -2.40. The third-order valence-electron chi connectivity index (χ3n) is 3.88. The Kier molecular flexibility index (Phi) is 4.56. The molecule has 1 amide bonds. The van der Waals surface area contributed by atoms with Gasteiger partial charge in [-0.2, -0.15) is 0 Å². The van der Waals surface area contributed by atoms with Gasteiger partial charge in [-0.15, -0.1) is 0 Å². The summed E-state index contributed by atoms with van der Waals surface area (Å²) in [5.41, 5.74) is 1.63. The van der Waals surface area contributed by atoms with Crippen LogP contribution in [0.25, 0.3) is 0 Å². The number of carbonyl (C=O) groups excluding carboxylic acids is 1. The first-order valence-corrected chi connectivity index (χ1v) is 8.95. The van der Waals surface area contributed by atoms with Crippen LogP contribution >= 0.6 is 0 Å². The van der Waals surface area contributed by atoms with Gasteiger partial charge in [0.1, 0.15) is 0 Å². The Hall–Kier alpha value is -1.56. The van der Waals surface area contributed by atoms with Crippen molar-refractivity contribution in [2.45, 2.75) is 19.4 Å². The van der Waals surface area contributed by atoms with Gasteiger partial charge in [-0.05, 0) is 37.6 Å². The quantitative estimate of drug-likeness (QED) is 0.843. The van der Waals surface area contributed by atoms with Crippen LogP contribution in [0, 0.1) is 0 Å². The molecular formula is C15H22N2O3S. The Morgan fingerprint density at radius 3 is 2.29 bits per heavy atom. The van der Waals surface area contributed by atoms with Crippen LogP contribution in [0.2, 0.25) is 0 Å². The van der Waals surface area contributed by atoms with Crippen molar-refractivity contribution in [2.75, 3.05) is 37.0 Å². The van der Waals surface area contributed by atoms with E-state index in [0.717, 1.165) is 5.69 Å². The van der Waals surface area contributed by atoms with Crippen LogP contribution in [-0.2, 0) is 9.84 Å². The van der Waals surface area contributed by atoms with Gasteiger partial charge in [-0.3, -0.25) is 4.79 Å². The van der Waals surface area contributed by atoms with Crippen LogP contribution in [0.5, 0.6) is 0 Å². The maximum atomic E-state index is 12.6.